The lowest BCUT2D eigenvalue weighted by atomic mass is 10.1. The molecule has 1 amide bonds. The summed E-state index contributed by atoms with van der Waals surface area (Å²) in [7, 11) is 0. The molecular formula is C16H23N3O3. The molecule has 1 aliphatic heterocycles. The van der Waals surface area contributed by atoms with Gasteiger partial charge in [0.2, 0.25) is 5.91 Å². The second kappa shape index (κ2) is 6.50. The van der Waals surface area contributed by atoms with Gasteiger partial charge in [-0.05, 0) is 32.6 Å². The van der Waals surface area contributed by atoms with Gasteiger partial charge in [0.1, 0.15) is 0 Å². The fraction of sp³-hybridized carbons (Fsp3) is 0.688. The largest absolute Gasteiger partial charge is 0.461 e. The molecule has 2 aliphatic rings. The molecule has 2 heterocycles. The van der Waals surface area contributed by atoms with Gasteiger partial charge >= 0.3 is 5.97 Å². The number of carbonyl (C=O) groups excluding carboxylic acids is 2. The summed E-state index contributed by atoms with van der Waals surface area (Å²) in [4.78, 5) is 25.8. The number of hydrogen-bond donors (Lipinski definition) is 1. The summed E-state index contributed by atoms with van der Waals surface area (Å²) in [6.45, 7) is 3.66. The maximum Gasteiger partial charge on any atom is 0.359 e. The van der Waals surface area contributed by atoms with Crippen LogP contribution in [0.4, 0.5) is 0 Å². The van der Waals surface area contributed by atoms with Gasteiger partial charge in [0.25, 0.3) is 0 Å². The molecule has 0 unspecified atom stereocenters. The molecule has 3 rings (SSSR count). The minimum absolute atomic E-state index is 0.106. The molecule has 22 heavy (non-hydrogen) atoms. The quantitative estimate of drug-likeness (QED) is 0.678. The molecule has 6 nitrogen and oxygen atoms in total. The number of fused-ring (bicyclic) bond motifs is 1. The molecule has 0 radical (unpaired) electrons. The molecule has 120 valence electrons. The number of nitrogens with zero attached hydrogens (tertiary/aromatic N) is 2. The monoisotopic (exact) mass is 305 g/mol. The Morgan fingerprint density at radius 1 is 1.36 bits per heavy atom. The molecule has 6 heteroatoms. The second-order valence-electron chi connectivity index (χ2n) is 6.19. The minimum Gasteiger partial charge on any atom is -0.461 e. The van der Waals surface area contributed by atoms with E-state index in [0.29, 0.717) is 25.3 Å². The van der Waals surface area contributed by atoms with Crippen LogP contribution >= 0.6 is 0 Å². The highest BCUT2D eigenvalue weighted by atomic mass is 16.5. The maximum atomic E-state index is 12.3. The van der Waals surface area contributed by atoms with Crippen molar-refractivity contribution >= 4 is 11.9 Å². The molecule has 1 aromatic heterocycles. The van der Waals surface area contributed by atoms with Gasteiger partial charge < -0.3 is 9.64 Å². The number of H-pyrrole nitrogens is 1. The standard InChI is InChI=1S/C16H23N3O3/c1-2-19-9-11(8-14(19)20)10-22-16(21)15-12-6-4-3-5-7-13(12)17-18-15/h11H,2-10H2,1H3,(H,17,18)/t11-/m1/s1. The van der Waals surface area contributed by atoms with Crippen LogP contribution in [0.2, 0.25) is 0 Å². The third kappa shape index (κ3) is 3.00. The average molecular weight is 305 g/mol. The van der Waals surface area contributed by atoms with Crippen molar-refractivity contribution in [2.75, 3.05) is 19.7 Å². The Labute approximate surface area is 130 Å². The lowest BCUT2D eigenvalue weighted by Crippen LogP contribution is -2.25. The number of aryl methyl sites for hydroxylation is 1. The zero-order valence-electron chi connectivity index (χ0n) is 13.1. The zero-order valence-corrected chi connectivity index (χ0v) is 13.1. The van der Waals surface area contributed by atoms with E-state index in [-0.39, 0.29) is 17.8 Å². The van der Waals surface area contributed by atoms with E-state index in [1.54, 1.807) is 4.90 Å². The molecule has 1 aromatic rings. The summed E-state index contributed by atoms with van der Waals surface area (Å²) in [5.41, 5.74) is 2.55. The van der Waals surface area contributed by atoms with Crippen molar-refractivity contribution in [1.82, 2.24) is 15.1 Å². The molecule has 0 aromatic carbocycles. The molecular weight excluding hydrogens is 282 g/mol. The van der Waals surface area contributed by atoms with Crippen molar-refractivity contribution in [3.05, 3.63) is 17.0 Å². The Bertz CT molecular complexity index is 567. The normalized spacial score (nSPS) is 21.6. The van der Waals surface area contributed by atoms with Crippen molar-refractivity contribution in [3.63, 3.8) is 0 Å². The summed E-state index contributed by atoms with van der Waals surface area (Å²) in [6, 6.07) is 0. The van der Waals surface area contributed by atoms with E-state index in [2.05, 4.69) is 10.2 Å². The van der Waals surface area contributed by atoms with Crippen LogP contribution in [-0.4, -0.2) is 46.7 Å². The van der Waals surface area contributed by atoms with E-state index >= 15 is 0 Å². The Balaban J connectivity index is 1.59. The van der Waals surface area contributed by atoms with E-state index in [9.17, 15) is 9.59 Å². The third-order valence-electron chi connectivity index (χ3n) is 4.63. The summed E-state index contributed by atoms with van der Waals surface area (Å²) in [5, 5.41) is 7.14. The summed E-state index contributed by atoms with van der Waals surface area (Å²) < 4.78 is 5.42. The summed E-state index contributed by atoms with van der Waals surface area (Å²) >= 11 is 0. The van der Waals surface area contributed by atoms with Gasteiger partial charge in [-0.3, -0.25) is 9.89 Å². The number of rotatable bonds is 4. The molecule has 1 aliphatic carbocycles. The topological polar surface area (TPSA) is 75.3 Å². The van der Waals surface area contributed by atoms with Crippen LogP contribution in [0.3, 0.4) is 0 Å². The first-order valence-corrected chi connectivity index (χ1v) is 8.20. The van der Waals surface area contributed by atoms with Crippen LogP contribution in [0.25, 0.3) is 0 Å². The number of esters is 1. The van der Waals surface area contributed by atoms with E-state index in [4.69, 9.17) is 4.74 Å². The number of ether oxygens (including phenoxy) is 1. The van der Waals surface area contributed by atoms with Crippen molar-refractivity contribution < 1.29 is 14.3 Å². The summed E-state index contributed by atoms with van der Waals surface area (Å²) in [6.07, 6.45) is 5.74. The molecule has 1 saturated heterocycles. The number of carbonyl (C=O) groups is 2. The fourth-order valence-electron chi connectivity index (χ4n) is 3.36. The Kier molecular flexibility index (Phi) is 4.45. The second-order valence-corrected chi connectivity index (χ2v) is 6.19. The van der Waals surface area contributed by atoms with Crippen LogP contribution in [0.15, 0.2) is 0 Å². The van der Waals surface area contributed by atoms with Crippen LogP contribution in [-0.2, 0) is 22.4 Å². The van der Waals surface area contributed by atoms with Crippen molar-refractivity contribution in [2.45, 2.75) is 45.4 Å². The fourth-order valence-corrected chi connectivity index (χ4v) is 3.36. The first-order chi connectivity index (χ1) is 10.7. The van der Waals surface area contributed by atoms with E-state index in [1.165, 1.54) is 6.42 Å². The number of hydrogen-bond acceptors (Lipinski definition) is 4. The van der Waals surface area contributed by atoms with Gasteiger partial charge in [-0.2, -0.15) is 5.10 Å². The maximum absolute atomic E-state index is 12.3. The minimum atomic E-state index is -0.359. The first-order valence-electron chi connectivity index (χ1n) is 8.20. The van der Waals surface area contributed by atoms with Gasteiger partial charge in [0, 0.05) is 36.7 Å². The molecule has 0 bridgehead atoms. The number of nitrogens with one attached hydrogen (secondary N) is 1. The highest BCUT2D eigenvalue weighted by Gasteiger charge is 2.30. The number of likely N-dealkylation sites (tertiary alicyclic amines) is 1. The molecule has 1 atom stereocenters. The third-order valence-corrected chi connectivity index (χ3v) is 4.63. The average Bonchev–Trinajstić information content (AvgIpc) is 3.00. The van der Waals surface area contributed by atoms with Crippen molar-refractivity contribution in [3.8, 4) is 0 Å². The van der Waals surface area contributed by atoms with Crippen molar-refractivity contribution in [2.24, 2.45) is 5.92 Å². The lowest BCUT2D eigenvalue weighted by Gasteiger charge is -2.13. The van der Waals surface area contributed by atoms with Gasteiger partial charge in [-0.25, -0.2) is 4.79 Å². The van der Waals surface area contributed by atoms with Crippen LogP contribution in [0.1, 0.15) is 54.4 Å². The van der Waals surface area contributed by atoms with E-state index in [1.807, 2.05) is 6.92 Å². The predicted octanol–water partition coefficient (Wildman–Crippen LogP) is 1.70. The number of aromatic amines is 1. The van der Waals surface area contributed by atoms with Gasteiger partial charge in [0.15, 0.2) is 5.69 Å². The van der Waals surface area contributed by atoms with Crippen LogP contribution < -0.4 is 0 Å². The van der Waals surface area contributed by atoms with E-state index in [0.717, 1.165) is 43.5 Å². The smallest absolute Gasteiger partial charge is 0.359 e. The summed E-state index contributed by atoms with van der Waals surface area (Å²) in [5.74, 6) is -0.104. The predicted molar refractivity (Wildman–Crippen MR) is 80.5 cm³/mol. The highest BCUT2D eigenvalue weighted by Crippen LogP contribution is 2.23. The molecule has 1 fully saturated rings. The zero-order chi connectivity index (χ0) is 15.5. The SMILES string of the molecule is CCN1C[C@H](COC(=O)c2n[nH]c3c2CCCCC3)CC1=O. The van der Waals surface area contributed by atoms with Gasteiger partial charge in [-0.1, -0.05) is 6.42 Å². The molecule has 0 spiro atoms. The Morgan fingerprint density at radius 3 is 2.95 bits per heavy atom. The van der Waals surface area contributed by atoms with Crippen LogP contribution in [0.5, 0.6) is 0 Å². The van der Waals surface area contributed by atoms with Crippen molar-refractivity contribution in [1.29, 1.82) is 0 Å². The number of aromatic nitrogens is 2. The molecule has 1 N–H and O–H groups in total. The Morgan fingerprint density at radius 2 is 2.18 bits per heavy atom. The number of amides is 1. The first kappa shape index (κ1) is 15.1. The van der Waals surface area contributed by atoms with Crippen LogP contribution in [0, 0.1) is 5.92 Å². The van der Waals surface area contributed by atoms with Gasteiger partial charge in [-0.15, -0.1) is 0 Å². The van der Waals surface area contributed by atoms with Gasteiger partial charge in [0.05, 0.1) is 6.61 Å². The Hall–Kier alpha value is -1.85. The van der Waals surface area contributed by atoms with E-state index < -0.39 is 0 Å². The lowest BCUT2D eigenvalue weighted by molar-refractivity contribution is -0.127. The highest BCUT2D eigenvalue weighted by molar-refractivity contribution is 5.89. The molecule has 0 saturated carbocycles.